The van der Waals surface area contributed by atoms with Crippen LogP contribution in [0.25, 0.3) is 0 Å². The highest BCUT2D eigenvalue weighted by Gasteiger charge is 2.04. The van der Waals surface area contributed by atoms with Crippen molar-refractivity contribution in [1.82, 2.24) is 5.32 Å². The Morgan fingerprint density at radius 3 is 2.79 bits per heavy atom. The first-order valence-electron chi connectivity index (χ1n) is 6.04. The molecule has 1 aromatic heterocycles. The highest BCUT2D eigenvalue weighted by atomic mass is 79.9. The Labute approximate surface area is 119 Å². The van der Waals surface area contributed by atoms with Crippen LogP contribution >= 0.6 is 15.9 Å². The van der Waals surface area contributed by atoms with Crippen LogP contribution in [0.3, 0.4) is 0 Å². The van der Waals surface area contributed by atoms with Crippen molar-refractivity contribution in [3.05, 3.63) is 52.1 Å². The van der Waals surface area contributed by atoms with Crippen LogP contribution in [-0.4, -0.2) is 6.54 Å². The van der Waals surface area contributed by atoms with E-state index in [0.717, 1.165) is 12.3 Å². The predicted octanol–water partition coefficient (Wildman–Crippen LogP) is 3.87. The molecule has 1 heterocycles. The van der Waals surface area contributed by atoms with E-state index in [0.29, 0.717) is 22.5 Å². The Bertz CT molecular complexity index is 522. The first-order chi connectivity index (χ1) is 9.17. The summed E-state index contributed by atoms with van der Waals surface area (Å²) >= 11 is 3.22. The van der Waals surface area contributed by atoms with E-state index in [1.165, 1.54) is 12.1 Å². The Morgan fingerprint density at radius 1 is 1.26 bits per heavy atom. The molecule has 0 radical (unpaired) electrons. The molecule has 0 fully saturated rings. The van der Waals surface area contributed by atoms with Crippen LogP contribution in [0.5, 0.6) is 5.75 Å². The van der Waals surface area contributed by atoms with Gasteiger partial charge in [-0.3, -0.25) is 0 Å². The summed E-state index contributed by atoms with van der Waals surface area (Å²) in [6.45, 7) is 3.91. The Balaban J connectivity index is 1.92. The van der Waals surface area contributed by atoms with Crippen molar-refractivity contribution < 1.29 is 13.5 Å². The van der Waals surface area contributed by atoms with Gasteiger partial charge < -0.3 is 14.5 Å². The first kappa shape index (κ1) is 14.1. The van der Waals surface area contributed by atoms with E-state index in [2.05, 4.69) is 21.2 Å². The molecule has 102 valence electrons. The van der Waals surface area contributed by atoms with Gasteiger partial charge in [0.2, 0.25) is 0 Å². The lowest BCUT2D eigenvalue weighted by molar-refractivity contribution is 0.264. The van der Waals surface area contributed by atoms with Gasteiger partial charge in [0.15, 0.2) is 0 Å². The second-order valence-corrected chi connectivity index (χ2v) is 4.96. The summed E-state index contributed by atoms with van der Waals surface area (Å²) in [5.74, 6) is 1.71. The van der Waals surface area contributed by atoms with Gasteiger partial charge >= 0.3 is 0 Å². The van der Waals surface area contributed by atoms with E-state index in [9.17, 15) is 4.39 Å². The van der Waals surface area contributed by atoms with Gasteiger partial charge in [-0.25, -0.2) is 4.39 Å². The topological polar surface area (TPSA) is 34.4 Å². The fourth-order valence-corrected chi connectivity index (χ4v) is 2.05. The van der Waals surface area contributed by atoms with Crippen molar-refractivity contribution in [3.8, 4) is 5.75 Å². The van der Waals surface area contributed by atoms with Crippen LogP contribution in [0.1, 0.15) is 18.4 Å². The third kappa shape index (κ3) is 4.36. The second-order valence-electron chi connectivity index (χ2n) is 4.04. The molecule has 5 heteroatoms. The van der Waals surface area contributed by atoms with Crippen molar-refractivity contribution in [3.63, 3.8) is 0 Å². The van der Waals surface area contributed by atoms with E-state index in [1.807, 2.05) is 19.1 Å². The van der Waals surface area contributed by atoms with Gasteiger partial charge in [0.05, 0.1) is 6.54 Å². The molecule has 19 heavy (non-hydrogen) atoms. The summed E-state index contributed by atoms with van der Waals surface area (Å²) < 4.78 is 24.9. The molecule has 2 rings (SSSR count). The van der Waals surface area contributed by atoms with Crippen LogP contribution in [-0.2, 0) is 13.2 Å². The van der Waals surface area contributed by atoms with Gasteiger partial charge in [-0.15, -0.1) is 0 Å². The zero-order valence-corrected chi connectivity index (χ0v) is 12.2. The summed E-state index contributed by atoms with van der Waals surface area (Å²) in [6.07, 6.45) is 0. The number of benzene rings is 1. The van der Waals surface area contributed by atoms with Crippen molar-refractivity contribution in [2.24, 2.45) is 0 Å². The average Bonchev–Trinajstić information content (AvgIpc) is 2.81. The molecule has 0 spiro atoms. The predicted molar refractivity (Wildman–Crippen MR) is 74.5 cm³/mol. The van der Waals surface area contributed by atoms with E-state index in [4.69, 9.17) is 9.15 Å². The van der Waals surface area contributed by atoms with E-state index >= 15 is 0 Å². The van der Waals surface area contributed by atoms with Crippen LogP contribution < -0.4 is 10.1 Å². The molecule has 0 aliphatic carbocycles. The maximum atomic E-state index is 13.2. The number of ether oxygens (including phenoxy) is 1. The molecule has 1 N–H and O–H groups in total. The molecule has 0 amide bonds. The van der Waals surface area contributed by atoms with Crippen LogP contribution in [0.4, 0.5) is 4.39 Å². The normalized spacial score (nSPS) is 10.7. The number of hydrogen-bond donors (Lipinski definition) is 1. The highest BCUT2D eigenvalue weighted by Crippen LogP contribution is 2.21. The summed E-state index contributed by atoms with van der Waals surface area (Å²) in [6, 6.07) is 8.21. The van der Waals surface area contributed by atoms with Crippen molar-refractivity contribution in [2.75, 3.05) is 6.54 Å². The molecule has 0 saturated heterocycles. The molecule has 0 bridgehead atoms. The summed E-state index contributed by atoms with van der Waals surface area (Å²) in [5.41, 5.74) is 0. The quantitative estimate of drug-likeness (QED) is 0.874. The Hall–Kier alpha value is -1.33. The Kier molecular flexibility index (Phi) is 4.99. The second kappa shape index (κ2) is 6.73. The maximum Gasteiger partial charge on any atom is 0.146 e. The van der Waals surface area contributed by atoms with Crippen LogP contribution in [0.2, 0.25) is 0 Å². The largest absolute Gasteiger partial charge is 0.486 e. The lowest BCUT2D eigenvalue weighted by atomic mass is 10.3. The molecule has 2 aromatic rings. The van der Waals surface area contributed by atoms with E-state index < -0.39 is 0 Å². The fourth-order valence-electron chi connectivity index (χ4n) is 1.61. The van der Waals surface area contributed by atoms with E-state index in [1.54, 1.807) is 6.07 Å². The highest BCUT2D eigenvalue weighted by molar-refractivity contribution is 9.10. The molecule has 0 aliphatic heterocycles. The molecular formula is C14H15BrFNO2. The molecular weight excluding hydrogens is 313 g/mol. The number of rotatable bonds is 6. The minimum absolute atomic E-state index is 0.280. The van der Waals surface area contributed by atoms with Gasteiger partial charge in [0.1, 0.15) is 29.7 Å². The lowest BCUT2D eigenvalue weighted by Gasteiger charge is -2.05. The zero-order chi connectivity index (χ0) is 13.7. The van der Waals surface area contributed by atoms with Gasteiger partial charge in [-0.05, 0) is 30.8 Å². The maximum absolute atomic E-state index is 13.2. The summed E-state index contributed by atoms with van der Waals surface area (Å²) in [7, 11) is 0. The van der Waals surface area contributed by atoms with E-state index in [-0.39, 0.29) is 12.4 Å². The molecule has 0 aliphatic rings. The minimum Gasteiger partial charge on any atom is -0.486 e. The third-order valence-corrected chi connectivity index (χ3v) is 2.94. The van der Waals surface area contributed by atoms with Crippen molar-refractivity contribution >= 4 is 15.9 Å². The number of furan rings is 1. The van der Waals surface area contributed by atoms with Crippen molar-refractivity contribution in [2.45, 2.75) is 20.1 Å². The molecule has 0 atom stereocenters. The van der Waals surface area contributed by atoms with Gasteiger partial charge in [-0.1, -0.05) is 22.9 Å². The molecule has 1 aromatic carbocycles. The van der Waals surface area contributed by atoms with Gasteiger partial charge in [0, 0.05) is 10.5 Å². The smallest absolute Gasteiger partial charge is 0.146 e. The molecule has 3 nitrogen and oxygen atoms in total. The molecule has 0 unspecified atom stereocenters. The molecule has 0 saturated carbocycles. The third-order valence-electron chi connectivity index (χ3n) is 2.48. The van der Waals surface area contributed by atoms with Crippen LogP contribution in [0, 0.1) is 5.82 Å². The first-order valence-corrected chi connectivity index (χ1v) is 6.84. The van der Waals surface area contributed by atoms with Gasteiger partial charge in [0.25, 0.3) is 0 Å². The van der Waals surface area contributed by atoms with Gasteiger partial charge in [-0.2, -0.15) is 0 Å². The number of hydrogen-bond acceptors (Lipinski definition) is 3. The fraction of sp³-hybridized carbons (Fsp3) is 0.286. The monoisotopic (exact) mass is 327 g/mol. The van der Waals surface area contributed by atoms with Crippen molar-refractivity contribution in [1.29, 1.82) is 0 Å². The Morgan fingerprint density at radius 2 is 2.05 bits per heavy atom. The standard InChI is InChI=1S/C14H15BrFNO2/c1-2-17-8-12-3-4-13(19-12)9-18-14-6-10(15)5-11(16)7-14/h3-7,17H,2,8-9H2,1H3. The number of nitrogens with one attached hydrogen (secondary N) is 1. The summed E-state index contributed by atoms with van der Waals surface area (Å²) in [4.78, 5) is 0. The van der Waals surface area contributed by atoms with Crippen LogP contribution in [0.15, 0.2) is 39.2 Å². The summed E-state index contributed by atoms with van der Waals surface area (Å²) in [5, 5.41) is 3.18. The average molecular weight is 328 g/mol. The zero-order valence-electron chi connectivity index (χ0n) is 10.6. The lowest BCUT2D eigenvalue weighted by Crippen LogP contribution is -2.10. The minimum atomic E-state index is -0.336. The number of halogens is 2. The SMILES string of the molecule is CCNCc1ccc(COc2cc(F)cc(Br)c2)o1.